The number of nitrogens with zero attached hydrogens (tertiary/aromatic N) is 1. The van der Waals surface area contributed by atoms with Crippen molar-refractivity contribution in [3.05, 3.63) is 32.9 Å². The molecule has 4 nitrogen and oxygen atoms in total. The lowest BCUT2D eigenvalue weighted by molar-refractivity contribution is 0.475. The van der Waals surface area contributed by atoms with Crippen LogP contribution >= 0.6 is 0 Å². The lowest BCUT2D eigenvalue weighted by atomic mass is 10.6. The van der Waals surface area contributed by atoms with Gasteiger partial charge in [0.2, 0.25) is 5.95 Å². The van der Waals surface area contributed by atoms with Crippen LogP contribution in [0.5, 0.6) is 0 Å². The SMILES string of the molecule is CCn1c(F)cc(=O)[nH]c1=O. The molecule has 1 N–H and O–H groups in total. The Morgan fingerprint density at radius 1 is 1.64 bits per heavy atom. The van der Waals surface area contributed by atoms with E-state index in [4.69, 9.17) is 0 Å². The van der Waals surface area contributed by atoms with E-state index in [0.29, 0.717) is 0 Å². The van der Waals surface area contributed by atoms with E-state index in [1.807, 2.05) is 4.98 Å². The first-order chi connectivity index (χ1) is 5.15. The third-order valence-electron chi connectivity index (χ3n) is 1.30. The van der Waals surface area contributed by atoms with Gasteiger partial charge in [0.25, 0.3) is 5.56 Å². The molecule has 0 unspecified atom stereocenters. The molecule has 5 heteroatoms. The van der Waals surface area contributed by atoms with Gasteiger partial charge in [-0.2, -0.15) is 4.39 Å². The highest BCUT2D eigenvalue weighted by molar-refractivity contribution is 4.85. The van der Waals surface area contributed by atoms with Gasteiger partial charge in [-0.15, -0.1) is 0 Å². The van der Waals surface area contributed by atoms with Gasteiger partial charge in [0.1, 0.15) is 0 Å². The summed E-state index contributed by atoms with van der Waals surface area (Å²) in [6.45, 7) is 1.82. The minimum atomic E-state index is -0.804. The highest BCUT2D eigenvalue weighted by atomic mass is 19.1. The zero-order valence-electron chi connectivity index (χ0n) is 5.93. The van der Waals surface area contributed by atoms with Gasteiger partial charge < -0.3 is 0 Å². The zero-order chi connectivity index (χ0) is 8.43. The van der Waals surface area contributed by atoms with Crippen molar-refractivity contribution in [1.29, 1.82) is 0 Å². The van der Waals surface area contributed by atoms with Gasteiger partial charge in [-0.05, 0) is 6.92 Å². The number of rotatable bonds is 1. The summed E-state index contributed by atoms with van der Waals surface area (Å²) >= 11 is 0. The molecular weight excluding hydrogens is 151 g/mol. The topological polar surface area (TPSA) is 54.9 Å². The maximum Gasteiger partial charge on any atom is 0.330 e. The first-order valence-corrected chi connectivity index (χ1v) is 3.15. The summed E-state index contributed by atoms with van der Waals surface area (Å²) in [5, 5.41) is 0. The highest BCUT2D eigenvalue weighted by Crippen LogP contribution is 1.86. The second-order valence-electron chi connectivity index (χ2n) is 2.01. The van der Waals surface area contributed by atoms with Gasteiger partial charge in [-0.3, -0.25) is 14.3 Å². The van der Waals surface area contributed by atoms with Crippen molar-refractivity contribution in [3.63, 3.8) is 0 Å². The molecule has 0 amide bonds. The quantitative estimate of drug-likeness (QED) is 0.570. The molecule has 1 aromatic heterocycles. The molecule has 0 aliphatic rings. The van der Waals surface area contributed by atoms with E-state index in [2.05, 4.69) is 0 Å². The molecule has 11 heavy (non-hydrogen) atoms. The molecule has 0 bridgehead atoms. The van der Waals surface area contributed by atoms with Crippen LogP contribution in [-0.4, -0.2) is 9.55 Å². The molecule has 0 aliphatic heterocycles. The van der Waals surface area contributed by atoms with Crippen molar-refractivity contribution in [1.82, 2.24) is 9.55 Å². The number of nitrogens with one attached hydrogen (secondary N) is 1. The number of hydrogen-bond acceptors (Lipinski definition) is 2. The second kappa shape index (κ2) is 2.69. The zero-order valence-corrected chi connectivity index (χ0v) is 5.93. The van der Waals surface area contributed by atoms with Crippen molar-refractivity contribution in [3.8, 4) is 0 Å². The number of halogens is 1. The van der Waals surface area contributed by atoms with Crippen molar-refractivity contribution in [2.24, 2.45) is 0 Å². The molecule has 0 aromatic carbocycles. The van der Waals surface area contributed by atoms with Gasteiger partial charge >= 0.3 is 5.69 Å². The summed E-state index contributed by atoms with van der Waals surface area (Å²) in [4.78, 5) is 23.2. The first-order valence-electron chi connectivity index (χ1n) is 3.15. The maximum absolute atomic E-state index is 12.7. The third kappa shape index (κ3) is 1.36. The van der Waals surface area contributed by atoms with Gasteiger partial charge in [0.15, 0.2) is 0 Å². The number of hydrogen-bond donors (Lipinski definition) is 1. The molecule has 0 radical (unpaired) electrons. The Bertz CT molecular complexity index is 366. The third-order valence-corrected chi connectivity index (χ3v) is 1.30. The Balaban J connectivity index is 3.49. The summed E-state index contributed by atoms with van der Waals surface area (Å²) in [6, 6.07) is 0.741. The van der Waals surface area contributed by atoms with Crippen molar-refractivity contribution in [2.75, 3.05) is 0 Å². The minimum absolute atomic E-state index is 0.210. The summed E-state index contributed by atoms with van der Waals surface area (Å²) in [5.74, 6) is -0.804. The Morgan fingerprint density at radius 3 is 2.73 bits per heavy atom. The fraction of sp³-hybridized carbons (Fsp3) is 0.333. The molecule has 0 atom stereocenters. The van der Waals surface area contributed by atoms with Crippen molar-refractivity contribution >= 4 is 0 Å². The monoisotopic (exact) mass is 158 g/mol. The summed E-state index contributed by atoms with van der Waals surface area (Å²) in [6.07, 6.45) is 0. The molecular formula is C6H7FN2O2. The van der Waals surface area contributed by atoms with Gasteiger partial charge in [-0.25, -0.2) is 4.79 Å². The van der Waals surface area contributed by atoms with Gasteiger partial charge in [-0.1, -0.05) is 0 Å². The van der Waals surface area contributed by atoms with Crippen molar-refractivity contribution < 1.29 is 4.39 Å². The predicted molar refractivity (Wildman–Crippen MR) is 37.0 cm³/mol. The standard InChI is InChI=1S/C6H7FN2O2/c1-2-9-4(7)3-5(10)8-6(9)11/h3H,2H2,1H3,(H,8,10,11). The average Bonchev–Trinajstić information content (AvgIpc) is 1.85. The van der Waals surface area contributed by atoms with Crippen LogP contribution in [0.4, 0.5) is 4.39 Å². The first kappa shape index (κ1) is 7.71. The molecule has 0 aliphatic carbocycles. The Hall–Kier alpha value is -1.39. The van der Waals surface area contributed by atoms with E-state index < -0.39 is 17.2 Å². The van der Waals surface area contributed by atoms with Gasteiger partial charge in [0.05, 0.1) is 6.07 Å². The summed E-state index contributed by atoms with van der Waals surface area (Å²) in [7, 11) is 0. The lowest BCUT2D eigenvalue weighted by Gasteiger charge is -1.99. The molecule has 1 aromatic rings. The molecule has 0 spiro atoms. The van der Waals surface area contributed by atoms with Gasteiger partial charge in [0, 0.05) is 6.54 Å². The van der Waals surface area contributed by atoms with Crippen LogP contribution < -0.4 is 11.2 Å². The van der Waals surface area contributed by atoms with E-state index in [1.54, 1.807) is 6.92 Å². The fourth-order valence-electron chi connectivity index (χ4n) is 0.787. The van der Waals surface area contributed by atoms with E-state index >= 15 is 0 Å². The molecule has 1 rings (SSSR count). The molecule has 0 saturated heterocycles. The highest BCUT2D eigenvalue weighted by Gasteiger charge is 2.00. The maximum atomic E-state index is 12.7. The molecule has 1 heterocycles. The van der Waals surface area contributed by atoms with Crippen LogP contribution in [0.25, 0.3) is 0 Å². The van der Waals surface area contributed by atoms with Crippen LogP contribution in [0.1, 0.15) is 6.92 Å². The fourth-order valence-corrected chi connectivity index (χ4v) is 0.787. The summed E-state index contributed by atoms with van der Waals surface area (Å²) in [5.41, 5.74) is -1.42. The normalized spacial score (nSPS) is 10.0. The average molecular weight is 158 g/mol. The van der Waals surface area contributed by atoms with Crippen LogP contribution in [0.15, 0.2) is 15.7 Å². The molecule has 0 fully saturated rings. The van der Waals surface area contributed by atoms with E-state index in [1.165, 1.54) is 0 Å². The lowest BCUT2D eigenvalue weighted by Crippen LogP contribution is -2.31. The number of aromatic nitrogens is 2. The summed E-state index contributed by atoms with van der Waals surface area (Å²) < 4.78 is 13.5. The smallest absolute Gasteiger partial charge is 0.274 e. The van der Waals surface area contributed by atoms with Crippen LogP contribution in [-0.2, 0) is 6.54 Å². The van der Waals surface area contributed by atoms with Crippen LogP contribution in [0.3, 0.4) is 0 Å². The Kier molecular flexibility index (Phi) is 1.89. The molecule has 60 valence electrons. The largest absolute Gasteiger partial charge is 0.330 e. The van der Waals surface area contributed by atoms with E-state index in [0.717, 1.165) is 10.6 Å². The molecule has 0 saturated carbocycles. The minimum Gasteiger partial charge on any atom is -0.274 e. The predicted octanol–water partition coefficient (Wildman–Crippen LogP) is -0.304. The van der Waals surface area contributed by atoms with Crippen molar-refractivity contribution in [2.45, 2.75) is 13.5 Å². The van der Waals surface area contributed by atoms with E-state index in [-0.39, 0.29) is 6.54 Å². The Labute approximate surface area is 61.3 Å². The van der Waals surface area contributed by atoms with E-state index in [9.17, 15) is 14.0 Å². The number of H-pyrrole nitrogens is 1. The Morgan fingerprint density at radius 2 is 2.27 bits per heavy atom. The van der Waals surface area contributed by atoms with Crippen LogP contribution in [0.2, 0.25) is 0 Å². The second-order valence-corrected chi connectivity index (χ2v) is 2.01. The van der Waals surface area contributed by atoms with Crippen LogP contribution in [0, 0.1) is 5.95 Å². The number of aromatic amines is 1.